The van der Waals surface area contributed by atoms with E-state index in [0.29, 0.717) is 10.8 Å². The molecule has 5 aliphatic carbocycles. The average Bonchev–Trinajstić information content (AvgIpc) is 3.09. The van der Waals surface area contributed by atoms with E-state index in [4.69, 9.17) is 4.42 Å². The number of nitrogens with zero attached hydrogens (tertiary/aromatic N) is 1. The Morgan fingerprint density at radius 1 is 1.24 bits per heavy atom. The largest absolute Gasteiger partial charge is 0.448 e. The topological polar surface area (TPSA) is 38.1 Å². The predicted octanol–water partition coefficient (Wildman–Crippen LogP) is 3.78. The molecule has 5 fully saturated rings. The van der Waals surface area contributed by atoms with Crippen molar-refractivity contribution < 1.29 is 4.42 Å². The van der Waals surface area contributed by atoms with Crippen molar-refractivity contribution in [1.82, 2.24) is 10.3 Å². The fraction of sp³-hybridized carbons (Fsp3) is 0.833. The van der Waals surface area contributed by atoms with Gasteiger partial charge in [-0.05, 0) is 68.6 Å². The van der Waals surface area contributed by atoms with Crippen molar-refractivity contribution in [2.75, 3.05) is 0 Å². The van der Waals surface area contributed by atoms with Gasteiger partial charge in [0, 0.05) is 18.0 Å². The number of aromatic nitrogens is 1. The molecule has 1 N–H and O–H groups in total. The lowest BCUT2D eigenvalue weighted by atomic mass is 9.44. The van der Waals surface area contributed by atoms with Gasteiger partial charge in [0.15, 0.2) is 6.39 Å². The molecule has 2 atom stereocenters. The molecule has 6 rings (SSSR count). The molecule has 0 aromatic carbocycles. The molecule has 0 aliphatic heterocycles. The lowest BCUT2D eigenvalue weighted by Crippen LogP contribution is -2.53. The second kappa shape index (κ2) is 4.13. The second-order valence-electron chi connectivity index (χ2n) is 8.84. The standard InChI is InChI=1S/C18H26N2O/c1-17-5-12-4-13(6-17)8-18(7-12,10-17)16-15(20-11-21-16)9-19-14-2-3-14/h11-14,19H,2-10H2,1H3. The van der Waals surface area contributed by atoms with Crippen molar-refractivity contribution in [2.45, 2.75) is 76.3 Å². The fourth-order valence-electron chi connectivity index (χ4n) is 6.34. The fourth-order valence-corrected chi connectivity index (χ4v) is 6.34. The van der Waals surface area contributed by atoms with E-state index in [1.807, 2.05) is 0 Å². The summed E-state index contributed by atoms with van der Waals surface area (Å²) in [6.45, 7) is 3.43. The monoisotopic (exact) mass is 286 g/mol. The minimum absolute atomic E-state index is 0.315. The van der Waals surface area contributed by atoms with E-state index in [1.54, 1.807) is 6.39 Å². The molecule has 4 bridgehead atoms. The van der Waals surface area contributed by atoms with Crippen LogP contribution in [0.15, 0.2) is 10.8 Å². The Morgan fingerprint density at radius 2 is 2.00 bits per heavy atom. The van der Waals surface area contributed by atoms with Crippen LogP contribution < -0.4 is 5.32 Å². The zero-order valence-electron chi connectivity index (χ0n) is 13.0. The molecule has 1 aromatic heterocycles. The molecule has 0 amide bonds. The maximum absolute atomic E-state index is 6.00. The van der Waals surface area contributed by atoms with Crippen LogP contribution in [0.5, 0.6) is 0 Å². The van der Waals surface area contributed by atoms with Gasteiger partial charge in [-0.2, -0.15) is 0 Å². The SMILES string of the molecule is CC12CC3CC(C1)CC(c1ocnc1CNC1CC1)(C3)C2. The Labute approximate surface area is 126 Å². The predicted molar refractivity (Wildman–Crippen MR) is 80.8 cm³/mol. The van der Waals surface area contributed by atoms with Crippen LogP contribution in [-0.2, 0) is 12.0 Å². The van der Waals surface area contributed by atoms with Gasteiger partial charge in [0.1, 0.15) is 5.76 Å². The third-order valence-corrected chi connectivity index (χ3v) is 6.61. The minimum Gasteiger partial charge on any atom is -0.448 e. The highest BCUT2D eigenvalue weighted by Gasteiger charge is 2.58. The normalized spacial score (nSPS) is 44.4. The van der Waals surface area contributed by atoms with Gasteiger partial charge < -0.3 is 9.73 Å². The van der Waals surface area contributed by atoms with Crippen molar-refractivity contribution >= 4 is 0 Å². The van der Waals surface area contributed by atoms with Crippen molar-refractivity contribution in [3.05, 3.63) is 17.8 Å². The summed E-state index contributed by atoms with van der Waals surface area (Å²) in [6.07, 6.45) is 12.8. The van der Waals surface area contributed by atoms with Gasteiger partial charge in [0.2, 0.25) is 0 Å². The third kappa shape index (κ3) is 2.00. The highest BCUT2D eigenvalue weighted by molar-refractivity contribution is 5.26. The van der Waals surface area contributed by atoms with Crippen LogP contribution in [0.1, 0.15) is 69.7 Å². The van der Waals surface area contributed by atoms with Crippen LogP contribution in [0.25, 0.3) is 0 Å². The highest BCUT2D eigenvalue weighted by Crippen LogP contribution is 2.65. The molecule has 0 saturated heterocycles. The average molecular weight is 286 g/mol. The van der Waals surface area contributed by atoms with Gasteiger partial charge in [-0.3, -0.25) is 0 Å². The number of hydrogen-bond donors (Lipinski definition) is 1. The maximum Gasteiger partial charge on any atom is 0.181 e. The van der Waals surface area contributed by atoms with E-state index in [0.717, 1.165) is 24.4 Å². The maximum atomic E-state index is 6.00. The summed E-state index contributed by atoms with van der Waals surface area (Å²) >= 11 is 0. The van der Waals surface area contributed by atoms with E-state index in [-0.39, 0.29) is 0 Å². The first-order valence-corrected chi connectivity index (χ1v) is 8.80. The molecule has 0 radical (unpaired) electrons. The summed E-state index contributed by atoms with van der Waals surface area (Å²) in [5.41, 5.74) is 2.08. The summed E-state index contributed by atoms with van der Waals surface area (Å²) in [7, 11) is 0. The Hall–Kier alpha value is -0.830. The van der Waals surface area contributed by atoms with Crippen LogP contribution in [0, 0.1) is 17.3 Å². The summed E-state index contributed by atoms with van der Waals surface area (Å²) in [4.78, 5) is 4.57. The molecule has 5 saturated carbocycles. The van der Waals surface area contributed by atoms with Gasteiger partial charge in [-0.1, -0.05) is 6.92 Å². The lowest BCUT2D eigenvalue weighted by molar-refractivity contribution is -0.0693. The first-order valence-electron chi connectivity index (χ1n) is 8.80. The number of oxazole rings is 1. The summed E-state index contributed by atoms with van der Waals surface area (Å²) in [5.74, 6) is 3.12. The van der Waals surface area contributed by atoms with Crippen molar-refractivity contribution in [3.8, 4) is 0 Å². The molecule has 3 heteroatoms. The van der Waals surface area contributed by atoms with E-state index in [2.05, 4.69) is 17.2 Å². The molecule has 1 heterocycles. The molecule has 2 unspecified atom stereocenters. The highest BCUT2D eigenvalue weighted by atomic mass is 16.3. The van der Waals surface area contributed by atoms with Crippen LogP contribution in [0.3, 0.4) is 0 Å². The summed E-state index contributed by atoms with van der Waals surface area (Å²) < 4.78 is 6.00. The molecular weight excluding hydrogens is 260 g/mol. The van der Waals surface area contributed by atoms with Crippen LogP contribution in [0.4, 0.5) is 0 Å². The first-order chi connectivity index (χ1) is 10.1. The van der Waals surface area contributed by atoms with Crippen LogP contribution in [-0.4, -0.2) is 11.0 Å². The number of hydrogen-bond acceptors (Lipinski definition) is 3. The van der Waals surface area contributed by atoms with Crippen molar-refractivity contribution in [3.63, 3.8) is 0 Å². The zero-order chi connectivity index (χ0) is 14.1. The molecule has 114 valence electrons. The van der Waals surface area contributed by atoms with Crippen LogP contribution in [0.2, 0.25) is 0 Å². The van der Waals surface area contributed by atoms with E-state index < -0.39 is 0 Å². The molecule has 0 spiro atoms. The minimum atomic E-state index is 0.315. The molecule has 1 aromatic rings. The van der Waals surface area contributed by atoms with Crippen LogP contribution >= 0.6 is 0 Å². The van der Waals surface area contributed by atoms with Gasteiger partial charge in [-0.15, -0.1) is 0 Å². The van der Waals surface area contributed by atoms with Crippen molar-refractivity contribution in [1.29, 1.82) is 0 Å². The number of rotatable bonds is 4. The second-order valence-corrected chi connectivity index (χ2v) is 8.84. The molecule has 5 aliphatic rings. The quantitative estimate of drug-likeness (QED) is 0.915. The smallest absolute Gasteiger partial charge is 0.181 e. The zero-order valence-corrected chi connectivity index (χ0v) is 13.0. The molecular formula is C18H26N2O. The van der Waals surface area contributed by atoms with E-state index >= 15 is 0 Å². The summed E-state index contributed by atoms with van der Waals surface area (Å²) in [5, 5.41) is 3.62. The van der Waals surface area contributed by atoms with Gasteiger partial charge in [0.05, 0.1) is 5.69 Å². The number of nitrogens with one attached hydrogen (secondary N) is 1. The third-order valence-electron chi connectivity index (χ3n) is 6.61. The lowest BCUT2D eigenvalue weighted by Gasteiger charge is -2.60. The first kappa shape index (κ1) is 12.7. The molecule has 3 nitrogen and oxygen atoms in total. The summed E-state index contributed by atoms with van der Waals surface area (Å²) in [6, 6.07) is 0.739. The molecule has 21 heavy (non-hydrogen) atoms. The van der Waals surface area contributed by atoms with Gasteiger partial charge in [-0.25, -0.2) is 4.98 Å². The van der Waals surface area contributed by atoms with Gasteiger partial charge in [0.25, 0.3) is 0 Å². The van der Waals surface area contributed by atoms with Gasteiger partial charge >= 0.3 is 0 Å². The van der Waals surface area contributed by atoms with Crippen molar-refractivity contribution in [2.24, 2.45) is 17.3 Å². The Bertz CT molecular complexity index is 545. The van der Waals surface area contributed by atoms with E-state index in [9.17, 15) is 0 Å². The Balaban J connectivity index is 1.47. The Morgan fingerprint density at radius 3 is 2.67 bits per heavy atom. The van der Waals surface area contributed by atoms with E-state index in [1.165, 1.54) is 62.8 Å². The Kier molecular flexibility index (Phi) is 2.49.